The van der Waals surface area contributed by atoms with Crippen molar-refractivity contribution in [3.05, 3.63) is 0 Å². The molecule has 0 rings (SSSR count). The third kappa shape index (κ3) is 9.98. The standard InChI is InChI=1S/C15H30N2O8Si2/c1-26(2,3)9-7-24-13(22)16-15(11(18)19,12(20)21)17-14(23)25-8-10-27(4,5)6/h7-10H2,1-6H3,(H,16,22)(H,17,23)(H,18,19)(H,20,21). The van der Waals surface area contributed by atoms with Crippen LogP contribution in [-0.2, 0) is 19.1 Å². The second-order valence-electron chi connectivity index (χ2n) is 8.50. The van der Waals surface area contributed by atoms with Gasteiger partial charge in [0.2, 0.25) is 0 Å². The van der Waals surface area contributed by atoms with E-state index in [1.54, 1.807) is 10.6 Å². The highest BCUT2D eigenvalue weighted by Gasteiger charge is 2.51. The second-order valence-corrected chi connectivity index (χ2v) is 19.7. The van der Waals surface area contributed by atoms with E-state index in [0.717, 1.165) is 0 Å². The van der Waals surface area contributed by atoms with E-state index in [-0.39, 0.29) is 13.2 Å². The van der Waals surface area contributed by atoms with Gasteiger partial charge >= 0.3 is 29.8 Å². The van der Waals surface area contributed by atoms with Gasteiger partial charge in [0.1, 0.15) is 0 Å². The Labute approximate surface area is 160 Å². The van der Waals surface area contributed by atoms with Crippen LogP contribution >= 0.6 is 0 Å². The van der Waals surface area contributed by atoms with E-state index in [1.165, 1.54) is 0 Å². The molecule has 0 fully saturated rings. The quantitative estimate of drug-likeness (QED) is 0.237. The van der Waals surface area contributed by atoms with Crippen molar-refractivity contribution in [2.24, 2.45) is 0 Å². The van der Waals surface area contributed by atoms with Crippen molar-refractivity contribution >= 4 is 40.3 Å². The zero-order valence-corrected chi connectivity index (χ0v) is 18.7. The molecule has 27 heavy (non-hydrogen) atoms. The molecule has 0 bridgehead atoms. The molecule has 0 aliphatic rings. The number of hydrogen-bond acceptors (Lipinski definition) is 6. The highest BCUT2D eigenvalue weighted by atomic mass is 28.3. The number of amides is 2. The van der Waals surface area contributed by atoms with Crippen LogP contribution < -0.4 is 10.6 Å². The van der Waals surface area contributed by atoms with Gasteiger partial charge in [-0.2, -0.15) is 0 Å². The maximum atomic E-state index is 11.8. The molecule has 0 heterocycles. The lowest BCUT2D eigenvalue weighted by Gasteiger charge is -2.26. The number of nitrogens with one attached hydrogen (secondary N) is 2. The Morgan fingerprint density at radius 1 is 0.741 bits per heavy atom. The van der Waals surface area contributed by atoms with Crippen LogP contribution in [0, 0.1) is 0 Å². The van der Waals surface area contributed by atoms with Gasteiger partial charge in [0.15, 0.2) is 0 Å². The van der Waals surface area contributed by atoms with Crippen LogP contribution in [0.3, 0.4) is 0 Å². The molecule has 0 aliphatic carbocycles. The highest BCUT2D eigenvalue weighted by Crippen LogP contribution is 2.10. The Kier molecular flexibility index (Phi) is 8.98. The van der Waals surface area contributed by atoms with Crippen LogP contribution in [-0.4, -0.2) is 69.4 Å². The topological polar surface area (TPSA) is 151 Å². The number of ether oxygens (including phenoxy) is 2. The first kappa shape index (κ1) is 24.9. The molecule has 0 saturated carbocycles. The van der Waals surface area contributed by atoms with E-state index in [4.69, 9.17) is 9.47 Å². The first-order valence-corrected chi connectivity index (χ1v) is 15.9. The van der Waals surface area contributed by atoms with Gasteiger partial charge in [-0.1, -0.05) is 39.3 Å². The molecule has 10 nitrogen and oxygen atoms in total. The Bertz CT molecular complexity index is 519. The molecule has 12 heteroatoms. The summed E-state index contributed by atoms with van der Waals surface area (Å²) in [6, 6.07) is 1.22. The molecular formula is C15H30N2O8Si2. The van der Waals surface area contributed by atoms with E-state index in [2.05, 4.69) is 0 Å². The lowest BCUT2D eigenvalue weighted by atomic mass is 10.1. The number of rotatable bonds is 10. The largest absolute Gasteiger partial charge is 0.478 e. The lowest BCUT2D eigenvalue weighted by Crippen LogP contribution is -2.70. The van der Waals surface area contributed by atoms with Crippen molar-refractivity contribution in [3.8, 4) is 0 Å². The Morgan fingerprint density at radius 3 is 1.26 bits per heavy atom. The number of alkyl carbamates (subject to hydrolysis) is 2. The summed E-state index contributed by atoms with van der Waals surface area (Å²) >= 11 is 0. The lowest BCUT2D eigenvalue weighted by molar-refractivity contribution is -0.160. The van der Waals surface area contributed by atoms with Crippen LogP contribution in [0.15, 0.2) is 0 Å². The van der Waals surface area contributed by atoms with Gasteiger partial charge in [0, 0.05) is 16.1 Å². The van der Waals surface area contributed by atoms with E-state index in [0.29, 0.717) is 12.1 Å². The second kappa shape index (κ2) is 9.73. The first-order chi connectivity index (χ1) is 12.1. The minimum absolute atomic E-state index is 0.0114. The molecule has 0 unspecified atom stereocenters. The van der Waals surface area contributed by atoms with Gasteiger partial charge in [-0.25, -0.2) is 19.2 Å². The smallest absolute Gasteiger partial charge is 0.409 e. The fourth-order valence-electron chi connectivity index (χ4n) is 1.61. The fourth-order valence-corrected chi connectivity index (χ4v) is 3.04. The van der Waals surface area contributed by atoms with Gasteiger partial charge in [-0.05, 0) is 12.1 Å². The van der Waals surface area contributed by atoms with E-state index in [9.17, 15) is 29.4 Å². The zero-order valence-electron chi connectivity index (χ0n) is 16.7. The summed E-state index contributed by atoms with van der Waals surface area (Å²) < 4.78 is 9.71. The maximum absolute atomic E-state index is 11.8. The van der Waals surface area contributed by atoms with Crippen molar-refractivity contribution in [1.29, 1.82) is 0 Å². The van der Waals surface area contributed by atoms with Crippen molar-refractivity contribution < 1.29 is 38.9 Å². The number of carbonyl (C=O) groups is 4. The molecule has 0 radical (unpaired) electrons. The van der Waals surface area contributed by atoms with Crippen LogP contribution in [0.2, 0.25) is 51.4 Å². The monoisotopic (exact) mass is 422 g/mol. The van der Waals surface area contributed by atoms with Gasteiger partial charge in [0.05, 0.1) is 13.2 Å². The molecule has 2 amide bonds. The van der Waals surface area contributed by atoms with Crippen LogP contribution in [0.4, 0.5) is 9.59 Å². The normalized spacial score (nSPS) is 12.1. The summed E-state index contributed by atoms with van der Waals surface area (Å²) in [6.07, 6.45) is -2.53. The highest BCUT2D eigenvalue weighted by molar-refractivity contribution is 6.76. The van der Waals surface area contributed by atoms with Gasteiger partial charge in [-0.15, -0.1) is 0 Å². The number of hydrogen-bond donors (Lipinski definition) is 4. The van der Waals surface area contributed by atoms with Gasteiger partial charge < -0.3 is 19.7 Å². The van der Waals surface area contributed by atoms with E-state index in [1.807, 2.05) is 39.3 Å². The fraction of sp³-hybridized carbons (Fsp3) is 0.733. The molecule has 0 atom stereocenters. The van der Waals surface area contributed by atoms with Crippen LogP contribution in [0.25, 0.3) is 0 Å². The van der Waals surface area contributed by atoms with E-state index >= 15 is 0 Å². The predicted molar refractivity (Wildman–Crippen MR) is 103 cm³/mol. The van der Waals surface area contributed by atoms with Crippen LogP contribution in [0.5, 0.6) is 0 Å². The minimum atomic E-state index is -3.09. The molecule has 4 N–H and O–H groups in total. The first-order valence-electron chi connectivity index (χ1n) is 8.46. The SMILES string of the molecule is C[Si](C)(C)CCOC(=O)NC(NC(=O)OCC[Si](C)(C)C)(C(=O)O)C(=O)O. The Morgan fingerprint density at radius 2 is 1.04 bits per heavy atom. The third-order valence-corrected chi connectivity index (χ3v) is 6.80. The van der Waals surface area contributed by atoms with E-state index < -0.39 is 45.9 Å². The predicted octanol–water partition coefficient (Wildman–Crippen LogP) is 1.98. The summed E-state index contributed by atoms with van der Waals surface area (Å²) in [6.45, 7) is 12.3. The van der Waals surface area contributed by atoms with Gasteiger partial charge in [0.25, 0.3) is 0 Å². The van der Waals surface area contributed by atoms with Gasteiger partial charge in [-0.3, -0.25) is 10.6 Å². The van der Waals surface area contributed by atoms with Crippen molar-refractivity contribution in [3.63, 3.8) is 0 Å². The number of aliphatic carboxylic acids is 2. The van der Waals surface area contributed by atoms with Crippen molar-refractivity contribution in [2.45, 2.75) is 57.0 Å². The summed E-state index contributed by atoms with van der Waals surface area (Å²) in [5, 5.41) is 22.0. The summed E-state index contributed by atoms with van der Waals surface area (Å²) in [4.78, 5) is 46.7. The zero-order chi connectivity index (χ0) is 21.5. The summed E-state index contributed by atoms with van der Waals surface area (Å²) in [5.74, 6) is -3.97. The van der Waals surface area contributed by atoms with Crippen molar-refractivity contribution in [2.75, 3.05) is 13.2 Å². The molecule has 0 aromatic carbocycles. The molecule has 0 spiro atoms. The molecule has 0 saturated heterocycles. The molecule has 0 aromatic heterocycles. The summed E-state index contributed by atoms with van der Waals surface area (Å²) in [7, 11) is -3.01. The third-order valence-electron chi connectivity index (χ3n) is 3.39. The Hall–Kier alpha value is -2.09. The molecule has 0 aliphatic heterocycles. The van der Waals surface area contributed by atoms with Crippen LogP contribution in [0.1, 0.15) is 0 Å². The Balaban J connectivity index is 5.01. The minimum Gasteiger partial charge on any atom is -0.478 e. The average Bonchev–Trinajstić information content (AvgIpc) is 2.42. The molecular weight excluding hydrogens is 392 g/mol. The molecule has 0 aromatic rings. The summed E-state index contributed by atoms with van der Waals surface area (Å²) in [5.41, 5.74) is -3.09. The number of carbonyl (C=O) groups excluding carboxylic acids is 2. The maximum Gasteiger partial charge on any atom is 0.409 e. The average molecular weight is 423 g/mol. The molecule has 156 valence electrons. The number of carboxylic acids is 2. The number of carboxylic acid groups (broad SMARTS) is 2. The van der Waals surface area contributed by atoms with Crippen molar-refractivity contribution in [1.82, 2.24) is 10.6 Å².